The fraction of sp³-hybridized carbons (Fsp3) is 0.308. The van der Waals surface area contributed by atoms with E-state index in [4.69, 9.17) is 4.52 Å². The van der Waals surface area contributed by atoms with Gasteiger partial charge in [0.05, 0.1) is 4.47 Å². The average Bonchev–Trinajstić information content (AvgIpc) is 2.83. The third-order valence-electron chi connectivity index (χ3n) is 2.60. The van der Waals surface area contributed by atoms with Crippen molar-refractivity contribution in [2.75, 3.05) is 6.54 Å². The van der Waals surface area contributed by atoms with E-state index >= 15 is 0 Å². The Bertz CT molecular complexity index is 615. The van der Waals surface area contributed by atoms with E-state index in [9.17, 15) is 9.18 Å². The SMILES string of the molecule is Cc1noc(CCCNC(=O)c2ccc(F)c(Br)c2)n1. The molecule has 1 N–H and O–H groups in total. The molecule has 7 heteroatoms. The summed E-state index contributed by atoms with van der Waals surface area (Å²) in [7, 11) is 0. The Kier molecular flexibility index (Phi) is 4.84. The summed E-state index contributed by atoms with van der Waals surface area (Å²) in [6.07, 6.45) is 1.30. The molecule has 20 heavy (non-hydrogen) atoms. The zero-order chi connectivity index (χ0) is 14.5. The van der Waals surface area contributed by atoms with Crippen molar-refractivity contribution < 1.29 is 13.7 Å². The third kappa shape index (κ3) is 3.86. The molecule has 0 radical (unpaired) electrons. The predicted octanol–water partition coefficient (Wildman–Crippen LogP) is 2.64. The predicted molar refractivity (Wildman–Crippen MR) is 73.8 cm³/mol. The second-order valence-corrected chi connectivity index (χ2v) is 5.08. The van der Waals surface area contributed by atoms with E-state index in [-0.39, 0.29) is 10.4 Å². The Balaban J connectivity index is 1.78. The fourth-order valence-corrected chi connectivity index (χ4v) is 2.00. The zero-order valence-corrected chi connectivity index (χ0v) is 12.4. The molecule has 0 atom stereocenters. The van der Waals surface area contributed by atoms with Crippen molar-refractivity contribution in [3.63, 3.8) is 0 Å². The number of halogens is 2. The Morgan fingerprint density at radius 1 is 1.50 bits per heavy atom. The number of nitrogens with zero attached hydrogens (tertiary/aromatic N) is 2. The quantitative estimate of drug-likeness (QED) is 0.849. The van der Waals surface area contributed by atoms with Crippen molar-refractivity contribution in [2.24, 2.45) is 0 Å². The molecule has 106 valence electrons. The summed E-state index contributed by atoms with van der Waals surface area (Å²) in [4.78, 5) is 15.9. The maximum atomic E-state index is 13.1. The number of aromatic nitrogens is 2. The number of carbonyl (C=O) groups is 1. The molecule has 0 aliphatic rings. The Morgan fingerprint density at radius 3 is 2.95 bits per heavy atom. The van der Waals surface area contributed by atoms with E-state index in [1.54, 1.807) is 6.92 Å². The van der Waals surface area contributed by atoms with E-state index < -0.39 is 5.82 Å². The van der Waals surface area contributed by atoms with Crippen LogP contribution < -0.4 is 5.32 Å². The molecule has 0 saturated carbocycles. The number of rotatable bonds is 5. The molecule has 0 saturated heterocycles. The number of benzene rings is 1. The largest absolute Gasteiger partial charge is 0.352 e. The zero-order valence-electron chi connectivity index (χ0n) is 10.8. The molecule has 0 aliphatic carbocycles. The van der Waals surface area contributed by atoms with Crippen molar-refractivity contribution >= 4 is 21.8 Å². The van der Waals surface area contributed by atoms with Crippen LogP contribution in [-0.4, -0.2) is 22.6 Å². The van der Waals surface area contributed by atoms with Gasteiger partial charge in [0.2, 0.25) is 5.89 Å². The number of carbonyl (C=O) groups excluding carboxylic acids is 1. The summed E-state index contributed by atoms with van der Waals surface area (Å²) in [5, 5.41) is 6.43. The molecular weight excluding hydrogens is 329 g/mol. The van der Waals surface area contributed by atoms with Crippen molar-refractivity contribution in [1.29, 1.82) is 0 Å². The van der Waals surface area contributed by atoms with Gasteiger partial charge in [0.1, 0.15) is 5.82 Å². The van der Waals surface area contributed by atoms with Crippen molar-refractivity contribution in [3.05, 3.63) is 45.8 Å². The number of aryl methyl sites for hydroxylation is 2. The smallest absolute Gasteiger partial charge is 0.251 e. The maximum absolute atomic E-state index is 13.1. The lowest BCUT2D eigenvalue weighted by molar-refractivity contribution is 0.0953. The lowest BCUT2D eigenvalue weighted by atomic mass is 10.2. The highest BCUT2D eigenvalue weighted by molar-refractivity contribution is 9.10. The summed E-state index contributed by atoms with van der Waals surface area (Å²) in [5.41, 5.74) is 0.409. The first-order valence-corrected chi connectivity index (χ1v) is 6.88. The van der Waals surface area contributed by atoms with E-state index in [2.05, 4.69) is 31.4 Å². The summed E-state index contributed by atoms with van der Waals surface area (Å²) < 4.78 is 18.3. The molecule has 0 fully saturated rings. The van der Waals surface area contributed by atoms with Gasteiger partial charge in [-0.15, -0.1) is 0 Å². The molecule has 5 nitrogen and oxygen atoms in total. The second kappa shape index (κ2) is 6.60. The molecule has 1 amide bonds. The van der Waals surface area contributed by atoms with Crippen molar-refractivity contribution in [1.82, 2.24) is 15.5 Å². The van der Waals surface area contributed by atoms with Gasteiger partial charge in [0.15, 0.2) is 5.82 Å². The van der Waals surface area contributed by atoms with Crippen LogP contribution in [0.15, 0.2) is 27.2 Å². The van der Waals surface area contributed by atoms with E-state index in [0.29, 0.717) is 36.7 Å². The van der Waals surface area contributed by atoms with Crippen molar-refractivity contribution in [2.45, 2.75) is 19.8 Å². The molecule has 2 aromatic rings. The lowest BCUT2D eigenvalue weighted by Gasteiger charge is -2.05. The van der Waals surface area contributed by atoms with Gasteiger partial charge >= 0.3 is 0 Å². The molecule has 1 aromatic heterocycles. The highest BCUT2D eigenvalue weighted by Crippen LogP contribution is 2.16. The van der Waals surface area contributed by atoms with Crippen LogP contribution in [-0.2, 0) is 6.42 Å². The van der Waals surface area contributed by atoms with Gasteiger partial charge in [-0.1, -0.05) is 5.16 Å². The molecule has 0 unspecified atom stereocenters. The average molecular weight is 342 g/mol. The van der Waals surface area contributed by atoms with Crippen molar-refractivity contribution in [3.8, 4) is 0 Å². The number of amides is 1. The number of hydrogen-bond acceptors (Lipinski definition) is 4. The van der Waals surface area contributed by atoms with Crippen LogP contribution in [0.3, 0.4) is 0 Å². The van der Waals surface area contributed by atoms with E-state index in [0.717, 1.165) is 0 Å². The Hall–Kier alpha value is -1.76. The maximum Gasteiger partial charge on any atom is 0.251 e. The highest BCUT2D eigenvalue weighted by atomic mass is 79.9. The minimum atomic E-state index is -0.395. The van der Waals surface area contributed by atoms with Crippen LogP contribution in [0.4, 0.5) is 4.39 Å². The van der Waals surface area contributed by atoms with Gasteiger partial charge < -0.3 is 9.84 Å². The topological polar surface area (TPSA) is 68.0 Å². The van der Waals surface area contributed by atoms with E-state index in [1.165, 1.54) is 18.2 Å². The molecule has 1 heterocycles. The summed E-state index contributed by atoms with van der Waals surface area (Å²) in [6, 6.07) is 4.14. The monoisotopic (exact) mass is 341 g/mol. The standard InChI is InChI=1S/C13H13BrFN3O2/c1-8-17-12(20-18-8)3-2-6-16-13(19)9-4-5-11(15)10(14)7-9/h4-5,7H,2-3,6H2,1H3,(H,16,19). The fourth-order valence-electron chi connectivity index (χ4n) is 1.62. The highest BCUT2D eigenvalue weighted by Gasteiger charge is 2.08. The third-order valence-corrected chi connectivity index (χ3v) is 3.21. The molecule has 1 aromatic carbocycles. The van der Waals surface area contributed by atoms with Gasteiger partial charge in [0, 0.05) is 18.5 Å². The summed E-state index contributed by atoms with van der Waals surface area (Å²) >= 11 is 3.05. The minimum absolute atomic E-state index is 0.243. The van der Waals surface area contributed by atoms with Crippen LogP contribution in [0.25, 0.3) is 0 Å². The van der Waals surface area contributed by atoms with Crippen LogP contribution in [0.2, 0.25) is 0 Å². The molecule has 0 bridgehead atoms. The summed E-state index contributed by atoms with van der Waals surface area (Å²) in [6.45, 7) is 2.23. The van der Waals surface area contributed by atoms with Crippen LogP contribution >= 0.6 is 15.9 Å². The number of hydrogen-bond donors (Lipinski definition) is 1. The van der Waals surface area contributed by atoms with Gasteiger partial charge in [-0.3, -0.25) is 4.79 Å². The van der Waals surface area contributed by atoms with Crippen LogP contribution in [0, 0.1) is 12.7 Å². The second-order valence-electron chi connectivity index (χ2n) is 4.22. The van der Waals surface area contributed by atoms with Crippen LogP contribution in [0.1, 0.15) is 28.5 Å². The van der Waals surface area contributed by atoms with E-state index in [1.807, 2.05) is 0 Å². The molecule has 2 rings (SSSR count). The first-order valence-electron chi connectivity index (χ1n) is 6.08. The minimum Gasteiger partial charge on any atom is -0.352 e. The Labute approximate surface area is 123 Å². The molecular formula is C13H13BrFN3O2. The van der Waals surface area contributed by atoms with Gasteiger partial charge in [0.25, 0.3) is 5.91 Å². The van der Waals surface area contributed by atoms with Gasteiger partial charge in [-0.05, 0) is 47.5 Å². The summed E-state index contributed by atoms with van der Waals surface area (Å²) in [5.74, 6) is 0.516. The van der Waals surface area contributed by atoms with Gasteiger partial charge in [-0.2, -0.15) is 4.98 Å². The first-order chi connectivity index (χ1) is 9.56. The molecule has 0 spiro atoms. The lowest BCUT2D eigenvalue weighted by Crippen LogP contribution is -2.24. The molecule has 0 aliphatic heterocycles. The van der Waals surface area contributed by atoms with Crippen LogP contribution in [0.5, 0.6) is 0 Å². The Morgan fingerprint density at radius 2 is 2.30 bits per heavy atom. The number of nitrogens with one attached hydrogen (secondary N) is 1. The first kappa shape index (κ1) is 14.6. The van der Waals surface area contributed by atoms with Gasteiger partial charge in [-0.25, -0.2) is 4.39 Å². The normalized spacial score (nSPS) is 10.6.